The number of carbonyl (C=O) groups excluding carboxylic acids is 1. The second kappa shape index (κ2) is 4.72. The Labute approximate surface area is 114 Å². The van der Waals surface area contributed by atoms with Crippen LogP contribution in [0.3, 0.4) is 0 Å². The summed E-state index contributed by atoms with van der Waals surface area (Å²) in [5.74, 6) is -0.687. The van der Waals surface area contributed by atoms with Crippen LogP contribution in [0.5, 0.6) is 0 Å². The minimum atomic E-state index is -1.74. The van der Waals surface area contributed by atoms with Gasteiger partial charge in [-0.15, -0.1) is 0 Å². The Morgan fingerprint density at radius 2 is 1.74 bits per heavy atom. The van der Waals surface area contributed by atoms with Crippen LogP contribution in [0.15, 0.2) is 0 Å². The minimum Gasteiger partial charge on any atom is -0.467 e. The number of carbonyl (C=O) groups is 1. The average molecular weight is 269 g/mol. The van der Waals surface area contributed by atoms with E-state index >= 15 is 0 Å². The summed E-state index contributed by atoms with van der Waals surface area (Å²) >= 11 is 0. The average Bonchev–Trinajstić information content (AvgIpc) is 2.87. The molecular weight excluding hydrogens is 245 g/mol. The number of esters is 1. The van der Waals surface area contributed by atoms with E-state index in [9.17, 15) is 9.18 Å². The smallest absolute Gasteiger partial charge is 0.343 e. The molecule has 3 fully saturated rings. The van der Waals surface area contributed by atoms with Gasteiger partial charge in [-0.05, 0) is 31.1 Å². The Balaban J connectivity index is 1.50. The first-order chi connectivity index (χ1) is 9.07. The summed E-state index contributed by atoms with van der Waals surface area (Å²) in [4.78, 5) is 13.8. The maximum Gasteiger partial charge on any atom is 0.343 e. The first-order valence-electron chi connectivity index (χ1n) is 7.58. The summed E-state index contributed by atoms with van der Waals surface area (Å²) in [6.07, 6.45) is 8.76. The molecule has 2 saturated carbocycles. The molecule has 0 aromatic carbocycles. The molecule has 1 aliphatic heterocycles. The molecule has 0 unspecified atom stereocenters. The largest absolute Gasteiger partial charge is 0.467 e. The number of hydrogen-bond acceptors (Lipinski definition) is 3. The molecule has 2 aliphatic carbocycles. The summed E-state index contributed by atoms with van der Waals surface area (Å²) in [6.45, 7) is 1.40. The number of rotatable bonds is 2. The molecule has 0 aromatic rings. The lowest BCUT2D eigenvalue weighted by Gasteiger charge is -2.52. The van der Waals surface area contributed by atoms with Crippen LogP contribution < -0.4 is 0 Å². The van der Waals surface area contributed by atoms with Crippen molar-refractivity contribution in [2.45, 2.75) is 63.1 Å². The number of methoxy groups -OCH3 is 1. The van der Waals surface area contributed by atoms with Crippen LogP contribution in [0.2, 0.25) is 0 Å². The van der Waals surface area contributed by atoms with Gasteiger partial charge < -0.3 is 9.64 Å². The third-order valence-corrected chi connectivity index (χ3v) is 5.66. The maximum absolute atomic E-state index is 14.3. The first-order valence-corrected chi connectivity index (χ1v) is 7.58. The van der Waals surface area contributed by atoms with Crippen LogP contribution in [0.25, 0.3) is 0 Å². The lowest BCUT2D eigenvalue weighted by molar-refractivity contribution is -0.159. The van der Waals surface area contributed by atoms with Crippen molar-refractivity contribution in [2.75, 3.05) is 20.2 Å². The van der Waals surface area contributed by atoms with E-state index in [1.165, 1.54) is 45.6 Å². The van der Waals surface area contributed by atoms with Gasteiger partial charge in [0, 0.05) is 32.0 Å². The lowest BCUT2D eigenvalue weighted by atomic mass is 9.63. The highest BCUT2D eigenvalue weighted by atomic mass is 19.1. The second-order valence-electron chi connectivity index (χ2n) is 6.76. The molecule has 0 bridgehead atoms. The van der Waals surface area contributed by atoms with E-state index in [4.69, 9.17) is 0 Å². The Morgan fingerprint density at radius 3 is 2.26 bits per heavy atom. The number of ether oxygens (including phenoxy) is 1. The lowest BCUT2D eigenvalue weighted by Crippen LogP contribution is -2.55. The van der Waals surface area contributed by atoms with E-state index in [1.807, 2.05) is 0 Å². The molecule has 1 heterocycles. The number of likely N-dealkylation sites (tertiary alicyclic amines) is 1. The molecule has 1 saturated heterocycles. The van der Waals surface area contributed by atoms with Crippen molar-refractivity contribution in [1.82, 2.24) is 4.90 Å². The molecule has 0 aromatic heterocycles. The Bertz CT molecular complexity index is 349. The van der Waals surface area contributed by atoms with Crippen molar-refractivity contribution >= 4 is 5.97 Å². The highest BCUT2D eigenvalue weighted by molar-refractivity contribution is 5.79. The van der Waals surface area contributed by atoms with E-state index in [1.54, 1.807) is 0 Å². The van der Waals surface area contributed by atoms with Gasteiger partial charge in [-0.25, -0.2) is 9.18 Å². The number of nitrogens with zero attached hydrogens (tertiary/aromatic N) is 1. The fraction of sp³-hybridized carbons (Fsp3) is 0.933. The second-order valence-corrected chi connectivity index (χ2v) is 6.76. The summed E-state index contributed by atoms with van der Waals surface area (Å²) in [6, 6.07) is 0.639. The molecule has 19 heavy (non-hydrogen) atoms. The molecule has 3 rings (SSSR count). The molecule has 108 valence electrons. The van der Waals surface area contributed by atoms with Crippen molar-refractivity contribution in [3.8, 4) is 0 Å². The quantitative estimate of drug-likeness (QED) is 0.722. The van der Waals surface area contributed by atoms with Gasteiger partial charge in [0.2, 0.25) is 5.67 Å². The third kappa shape index (κ3) is 2.28. The predicted molar refractivity (Wildman–Crippen MR) is 70.6 cm³/mol. The summed E-state index contributed by atoms with van der Waals surface area (Å²) in [5, 5.41) is 0. The van der Waals surface area contributed by atoms with Crippen molar-refractivity contribution in [3.05, 3.63) is 0 Å². The Kier molecular flexibility index (Phi) is 3.32. The molecule has 0 radical (unpaired) electrons. The zero-order chi connectivity index (χ0) is 13.5. The number of hydrogen-bond donors (Lipinski definition) is 0. The fourth-order valence-corrected chi connectivity index (χ4v) is 4.36. The molecule has 1 spiro atoms. The number of alkyl halides is 1. The molecule has 0 amide bonds. The number of piperidine rings is 1. The highest BCUT2D eigenvalue weighted by Gasteiger charge is 2.50. The molecular formula is C15H24FNO2. The first kappa shape index (κ1) is 13.3. The maximum atomic E-state index is 14.3. The van der Waals surface area contributed by atoms with Crippen molar-refractivity contribution in [3.63, 3.8) is 0 Å². The Morgan fingerprint density at radius 1 is 1.16 bits per heavy atom. The van der Waals surface area contributed by atoms with Crippen molar-refractivity contribution < 1.29 is 13.9 Å². The minimum absolute atomic E-state index is 0.295. The Hall–Kier alpha value is -0.640. The van der Waals surface area contributed by atoms with E-state index in [2.05, 4.69) is 9.64 Å². The van der Waals surface area contributed by atoms with E-state index in [-0.39, 0.29) is 0 Å². The SMILES string of the molecule is COC(=O)C1(F)CCN(C2CC3(CCCC3)C2)CC1. The zero-order valence-corrected chi connectivity index (χ0v) is 11.8. The van der Waals surface area contributed by atoms with Gasteiger partial charge in [0.25, 0.3) is 0 Å². The van der Waals surface area contributed by atoms with Crippen molar-refractivity contribution in [2.24, 2.45) is 5.41 Å². The standard InChI is InChI=1S/C15H24FNO2/c1-19-13(18)15(16)6-8-17(9-7-15)12-10-14(11-12)4-2-3-5-14/h12H,2-11H2,1H3. The van der Waals surface area contributed by atoms with Gasteiger partial charge in [-0.2, -0.15) is 0 Å². The van der Waals surface area contributed by atoms with Crippen LogP contribution in [0.1, 0.15) is 51.4 Å². The van der Waals surface area contributed by atoms with Crippen LogP contribution in [0, 0.1) is 5.41 Å². The van der Waals surface area contributed by atoms with Gasteiger partial charge in [-0.1, -0.05) is 12.8 Å². The normalized spacial score (nSPS) is 30.2. The summed E-state index contributed by atoms with van der Waals surface area (Å²) < 4.78 is 18.9. The molecule has 0 N–H and O–H groups in total. The van der Waals surface area contributed by atoms with Gasteiger partial charge in [0.05, 0.1) is 7.11 Å². The zero-order valence-electron chi connectivity index (χ0n) is 11.8. The molecule has 3 nitrogen and oxygen atoms in total. The van der Waals surface area contributed by atoms with Crippen LogP contribution in [-0.4, -0.2) is 42.8 Å². The predicted octanol–water partition coefficient (Wildman–Crippen LogP) is 2.69. The molecule has 4 heteroatoms. The van der Waals surface area contributed by atoms with E-state index in [0.29, 0.717) is 37.4 Å². The molecule has 3 aliphatic rings. The number of halogens is 1. The molecule has 0 atom stereocenters. The summed E-state index contributed by atoms with van der Waals surface area (Å²) in [7, 11) is 1.27. The van der Waals surface area contributed by atoms with Crippen molar-refractivity contribution in [1.29, 1.82) is 0 Å². The third-order valence-electron chi connectivity index (χ3n) is 5.66. The topological polar surface area (TPSA) is 29.5 Å². The highest BCUT2D eigenvalue weighted by Crippen LogP contribution is 2.55. The van der Waals surface area contributed by atoms with Gasteiger partial charge in [0.1, 0.15) is 0 Å². The van der Waals surface area contributed by atoms with Crippen LogP contribution in [0.4, 0.5) is 4.39 Å². The summed E-state index contributed by atoms with van der Waals surface area (Å²) in [5.41, 5.74) is -1.10. The monoisotopic (exact) mass is 269 g/mol. The van der Waals surface area contributed by atoms with E-state index in [0.717, 1.165) is 0 Å². The van der Waals surface area contributed by atoms with E-state index < -0.39 is 11.6 Å². The van der Waals surface area contributed by atoms with Gasteiger partial charge >= 0.3 is 5.97 Å². The van der Waals surface area contributed by atoms with Crippen LogP contribution in [-0.2, 0) is 9.53 Å². The van der Waals surface area contributed by atoms with Crippen LogP contribution >= 0.6 is 0 Å². The van der Waals surface area contributed by atoms with Gasteiger partial charge in [0.15, 0.2) is 0 Å². The fourth-order valence-electron chi connectivity index (χ4n) is 4.36. The van der Waals surface area contributed by atoms with Gasteiger partial charge in [-0.3, -0.25) is 0 Å².